The lowest BCUT2D eigenvalue weighted by Gasteiger charge is -1.88. The molecule has 3 nitrogen and oxygen atoms in total. The molecule has 1 fully saturated rings. The Morgan fingerprint density at radius 3 is 1.75 bits per heavy atom. The molecule has 1 heterocycles. The second-order valence-corrected chi connectivity index (χ2v) is 2.87. The molecule has 0 saturated carbocycles. The van der Waals surface area contributed by atoms with Gasteiger partial charge in [0.25, 0.3) is 0 Å². The van der Waals surface area contributed by atoms with Crippen molar-refractivity contribution in [3.63, 3.8) is 0 Å². The van der Waals surface area contributed by atoms with E-state index in [9.17, 15) is 4.57 Å². The number of hydrogen-bond acceptors (Lipinski definition) is 3. The van der Waals surface area contributed by atoms with Crippen LogP contribution in [0.4, 0.5) is 0 Å². The van der Waals surface area contributed by atoms with Gasteiger partial charge in [-0.05, 0) is 0 Å². The average molecular weight is 176 g/mol. The zero-order valence-corrected chi connectivity index (χ0v) is 5.99. The number of hydrogen-bond donors (Lipinski definition) is 0. The van der Waals surface area contributed by atoms with Crippen LogP contribution < -0.4 is 0 Å². The SMILES string of the molecule is O=[P+]1OC(Cl)C(Cl)O1. The summed E-state index contributed by atoms with van der Waals surface area (Å²) in [4.78, 5) is 0. The molecule has 0 spiro atoms. The van der Waals surface area contributed by atoms with Crippen LogP contribution >= 0.6 is 31.5 Å². The molecule has 0 aromatic rings. The molecule has 0 aliphatic carbocycles. The van der Waals surface area contributed by atoms with E-state index >= 15 is 0 Å². The van der Waals surface area contributed by atoms with Crippen LogP contribution in [0.3, 0.4) is 0 Å². The van der Waals surface area contributed by atoms with Gasteiger partial charge < -0.3 is 0 Å². The van der Waals surface area contributed by atoms with Crippen molar-refractivity contribution in [2.24, 2.45) is 0 Å². The minimum Gasteiger partial charge on any atom is -0.0950 e. The minimum absolute atomic E-state index is 0.778. The summed E-state index contributed by atoms with van der Waals surface area (Å²) >= 11 is 10.6. The molecule has 46 valence electrons. The van der Waals surface area contributed by atoms with Crippen molar-refractivity contribution in [2.45, 2.75) is 11.1 Å². The minimum atomic E-state index is -2.06. The molecule has 0 aromatic heterocycles. The number of alkyl halides is 2. The summed E-state index contributed by atoms with van der Waals surface area (Å²) in [6.45, 7) is 0. The Kier molecular flexibility index (Phi) is 2.07. The fraction of sp³-hybridized carbons (Fsp3) is 1.00. The molecule has 0 N–H and O–H groups in total. The maximum atomic E-state index is 10.2. The molecular weight excluding hydrogens is 174 g/mol. The van der Waals surface area contributed by atoms with E-state index in [1.165, 1.54) is 0 Å². The van der Waals surface area contributed by atoms with E-state index in [0.717, 1.165) is 0 Å². The highest BCUT2D eigenvalue weighted by atomic mass is 35.5. The van der Waals surface area contributed by atoms with E-state index in [-0.39, 0.29) is 0 Å². The smallest absolute Gasteiger partial charge is 0.0950 e. The molecule has 1 saturated heterocycles. The molecular formula is C2H2Cl2O3P+. The molecule has 0 amide bonds. The third kappa shape index (κ3) is 1.30. The lowest BCUT2D eigenvalue weighted by molar-refractivity contribution is 0.292. The van der Waals surface area contributed by atoms with E-state index in [1.807, 2.05) is 0 Å². The zero-order chi connectivity index (χ0) is 6.15. The maximum Gasteiger partial charge on any atom is 0.700 e. The summed E-state index contributed by atoms with van der Waals surface area (Å²) in [7, 11) is -2.06. The van der Waals surface area contributed by atoms with Gasteiger partial charge in [-0.15, -0.1) is 0 Å². The fourth-order valence-electron chi connectivity index (χ4n) is 0.285. The predicted octanol–water partition coefficient (Wildman–Crippen LogP) is 1.82. The molecule has 1 rings (SSSR count). The number of rotatable bonds is 0. The molecule has 2 unspecified atom stereocenters. The first-order valence-electron chi connectivity index (χ1n) is 1.79. The Morgan fingerprint density at radius 2 is 1.62 bits per heavy atom. The van der Waals surface area contributed by atoms with Crippen molar-refractivity contribution >= 4 is 31.5 Å². The van der Waals surface area contributed by atoms with Crippen molar-refractivity contribution in [3.8, 4) is 0 Å². The molecule has 6 heteroatoms. The second kappa shape index (κ2) is 2.46. The first-order chi connectivity index (χ1) is 3.70. The predicted molar refractivity (Wildman–Crippen MR) is 29.1 cm³/mol. The van der Waals surface area contributed by atoms with E-state index in [4.69, 9.17) is 23.2 Å². The van der Waals surface area contributed by atoms with Crippen LogP contribution in [-0.2, 0) is 13.6 Å². The Morgan fingerprint density at radius 1 is 1.25 bits per heavy atom. The van der Waals surface area contributed by atoms with Crippen molar-refractivity contribution in [3.05, 3.63) is 0 Å². The third-order valence-corrected chi connectivity index (χ3v) is 2.39. The fourth-order valence-corrected chi connectivity index (χ4v) is 1.52. The Bertz CT molecular complexity index is 106. The summed E-state index contributed by atoms with van der Waals surface area (Å²) in [6, 6.07) is 0. The van der Waals surface area contributed by atoms with Gasteiger partial charge in [-0.1, -0.05) is 32.2 Å². The molecule has 1 aliphatic rings. The van der Waals surface area contributed by atoms with Crippen molar-refractivity contribution in [1.82, 2.24) is 0 Å². The summed E-state index contributed by atoms with van der Waals surface area (Å²) in [5.74, 6) is 0. The zero-order valence-electron chi connectivity index (χ0n) is 3.58. The maximum absolute atomic E-state index is 10.2. The quantitative estimate of drug-likeness (QED) is 0.417. The monoisotopic (exact) mass is 175 g/mol. The Balaban J connectivity index is 2.51. The van der Waals surface area contributed by atoms with Crippen LogP contribution in [0.2, 0.25) is 0 Å². The van der Waals surface area contributed by atoms with Gasteiger partial charge in [0.15, 0.2) is 0 Å². The highest BCUT2D eigenvalue weighted by Gasteiger charge is 2.44. The van der Waals surface area contributed by atoms with Crippen LogP contribution in [0, 0.1) is 0 Å². The van der Waals surface area contributed by atoms with Crippen molar-refractivity contribution in [1.29, 1.82) is 0 Å². The molecule has 1 aliphatic heterocycles. The van der Waals surface area contributed by atoms with Gasteiger partial charge in [0.1, 0.15) is 0 Å². The first kappa shape index (κ1) is 6.72. The molecule has 2 atom stereocenters. The van der Waals surface area contributed by atoms with E-state index in [1.54, 1.807) is 0 Å². The van der Waals surface area contributed by atoms with Crippen molar-refractivity contribution < 1.29 is 13.6 Å². The lowest BCUT2D eigenvalue weighted by Crippen LogP contribution is -2.07. The van der Waals surface area contributed by atoms with E-state index < -0.39 is 19.4 Å². The highest BCUT2D eigenvalue weighted by Crippen LogP contribution is 2.40. The van der Waals surface area contributed by atoms with Gasteiger partial charge in [-0.25, -0.2) is 0 Å². The Hall–Kier alpha value is 0.600. The van der Waals surface area contributed by atoms with Gasteiger partial charge in [0.05, 0.1) is 0 Å². The van der Waals surface area contributed by atoms with Gasteiger partial charge >= 0.3 is 8.25 Å². The largest absolute Gasteiger partial charge is 0.700 e. The average Bonchev–Trinajstić information content (AvgIpc) is 1.85. The topological polar surface area (TPSA) is 35.5 Å². The van der Waals surface area contributed by atoms with Gasteiger partial charge in [0.2, 0.25) is 11.1 Å². The van der Waals surface area contributed by atoms with Crippen LogP contribution in [-0.4, -0.2) is 11.1 Å². The van der Waals surface area contributed by atoms with Crippen LogP contribution in [0.15, 0.2) is 0 Å². The van der Waals surface area contributed by atoms with Gasteiger partial charge in [-0.2, -0.15) is 0 Å². The summed E-state index contributed by atoms with van der Waals surface area (Å²) in [6.07, 6.45) is 0. The van der Waals surface area contributed by atoms with Gasteiger partial charge in [-0.3, -0.25) is 0 Å². The van der Waals surface area contributed by atoms with Gasteiger partial charge in [0, 0.05) is 4.57 Å². The molecule has 0 radical (unpaired) electrons. The van der Waals surface area contributed by atoms with Crippen LogP contribution in [0.5, 0.6) is 0 Å². The second-order valence-electron chi connectivity index (χ2n) is 1.14. The molecule has 0 bridgehead atoms. The summed E-state index contributed by atoms with van der Waals surface area (Å²) in [5, 5.41) is 0. The lowest BCUT2D eigenvalue weighted by atomic mass is 10.8. The summed E-state index contributed by atoms with van der Waals surface area (Å²) in [5.41, 5.74) is -1.56. The highest BCUT2D eigenvalue weighted by molar-refractivity contribution is 7.33. The molecule has 8 heavy (non-hydrogen) atoms. The van der Waals surface area contributed by atoms with E-state index in [0.29, 0.717) is 0 Å². The summed E-state index contributed by atoms with van der Waals surface area (Å²) < 4.78 is 19.0. The Labute approximate surface area is 56.8 Å². The van der Waals surface area contributed by atoms with Crippen LogP contribution in [0.25, 0.3) is 0 Å². The normalized spacial score (nSPS) is 43.0. The van der Waals surface area contributed by atoms with E-state index in [2.05, 4.69) is 9.05 Å². The standard InChI is InChI=1S/C2H2Cl2O3P/c3-1-2(4)7-8(5)6-1/h1-2H/q+1. The number of halogens is 2. The van der Waals surface area contributed by atoms with Crippen LogP contribution in [0.1, 0.15) is 0 Å². The van der Waals surface area contributed by atoms with Crippen molar-refractivity contribution in [2.75, 3.05) is 0 Å². The molecule has 0 aromatic carbocycles. The third-order valence-electron chi connectivity index (χ3n) is 0.580. The first-order valence-corrected chi connectivity index (χ1v) is 3.76.